The highest BCUT2D eigenvalue weighted by atomic mass is 35.5. The van der Waals surface area contributed by atoms with Crippen LogP contribution in [0.15, 0.2) is 30.3 Å². The second-order valence-corrected chi connectivity index (χ2v) is 5.18. The summed E-state index contributed by atoms with van der Waals surface area (Å²) in [6, 6.07) is 11.2. The van der Waals surface area contributed by atoms with Crippen LogP contribution >= 0.6 is 23.2 Å². The molecule has 0 N–H and O–H groups in total. The quantitative estimate of drug-likeness (QED) is 0.715. The topological polar surface area (TPSA) is 33.0 Å². The molecule has 2 rings (SSSR count). The molecule has 0 aliphatic rings. The predicted octanol–water partition coefficient (Wildman–Crippen LogP) is 5.36. The molecule has 2 aromatic rings. The van der Waals surface area contributed by atoms with E-state index in [1.165, 1.54) is 0 Å². The first kappa shape index (κ1) is 14.7. The molecule has 0 saturated carbocycles. The Labute approximate surface area is 128 Å². The second kappa shape index (κ2) is 6.17. The maximum absolute atomic E-state index is 8.96. The van der Waals surface area contributed by atoms with Crippen LogP contribution in [-0.2, 0) is 5.88 Å². The average molecular weight is 306 g/mol. The number of aryl methyl sites for hydroxylation is 2. The fourth-order valence-corrected chi connectivity index (χ4v) is 2.63. The van der Waals surface area contributed by atoms with E-state index in [4.69, 9.17) is 33.2 Å². The van der Waals surface area contributed by atoms with Crippen LogP contribution in [0.5, 0.6) is 11.5 Å². The van der Waals surface area contributed by atoms with Gasteiger partial charge in [0, 0.05) is 10.6 Å². The Hall–Kier alpha value is -1.69. The Morgan fingerprint density at radius 3 is 2.40 bits per heavy atom. The molecule has 0 bridgehead atoms. The van der Waals surface area contributed by atoms with Gasteiger partial charge in [0.15, 0.2) is 0 Å². The van der Waals surface area contributed by atoms with Crippen molar-refractivity contribution in [3.05, 3.63) is 57.6 Å². The molecule has 2 aromatic carbocycles. The van der Waals surface area contributed by atoms with E-state index in [0.29, 0.717) is 16.3 Å². The molecule has 0 radical (unpaired) electrons. The summed E-state index contributed by atoms with van der Waals surface area (Å²) in [5, 5.41) is 9.54. The summed E-state index contributed by atoms with van der Waals surface area (Å²) in [4.78, 5) is 0. The second-order valence-electron chi connectivity index (χ2n) is 4.50. The number of nitriles is 1. The largest absolute Gasteiger partial charge is 0.456 e. The van der Waals surface area contributed by atoms with Gasteiger partial charge in [0.05, 0.1) is 17.5 Å². The Balaban J connectivity index is 2.46. The summed E-state index contributed by atoms with van der Waals surface area (Å²) in [6.07, 6.45) is 0. The first-order chi connectivity index (χ1) is 9.56. The van der Waals surface area contributed by atoms with Gasteiger partial charge in [-0.05, 0) is 49.2 Å². The van der Waals surface area contributed by atoms with E-state index in [-0.39, 0.29) is 5.88 Å². The molecule has 0 saturated heterocycles. The minimum Gasteiger partial charge on any atom is -0.456 e. The number of halogens is 2. The number of rotatable bonds is 3. The van der Waals surface area contributed by atoms with E-state index in [2.05, 4.69) is 6.07 Å². The van der Waals surface area contributed by atoms with Gasteiger partial charge in [-0.3, -0.25) is 0 Å². The van der Waals surface area contributed by atoms with Crippen molar-refractivity contribution in [2.75, 3.05) is 0 Å². The molecule has 0 unspecified atom stereocenters. The van der Waals surface area contributed by atoms with Crippen LogP contribution in [0, 0.1) is 25.2 Å². The van der Waals surface area contributed by atoms with Crippen LogP contribution in [-0.4, -0.2) is 0 Å². The van der Waals surface area contributed by atoms with Crippen molar-refractivity contribution in [2.24, 2.45) is 0 Å². The number of hydrogen-bond acceptors (Lipinski definition) is 2. The summed E-state index contributed by atoms with van der Waals surface area (Å²) in [6.45, 7) is 3.82. The van der Waals surface area contributed by atoms with Crippen LogP contribution in [0.4, 0.5) is 0 Å². The third-order valence-corrected chi connectivity index (χ3v) is 3.63. The van der Waals surface area contributed by atoms with E-state index in [9.17, 15) is 0 Å². The molecule has 0 aromatic heterocycles. The minimum absolute atomic E-state index is 0.281. The number of hydrogen-bond donors (Lipinski definition) is 0. The average Bonchev–Trinajstić information content (AvgIpc) is 2.42. The third kappa shape index (κ3) is 2.90. The first-order valence-corrected chi connectivity index (χ1v) is 7.00. The molecule has 0 atom stereocenters. The standard InChI is InChI=1S/C16H13Cl2NO/c1-10-6-12(9-19)7-11(2)16(10)20-15-5-3-4-14(18)13(15)8-17/h3-7H,8H2,1-2H3. The molecule has 0 spiro atoms. The molecule has 20 heavy (non-hydrogen) atoms. The zero-order valence-corrected chi connectivity index (χ0v) is 12.7. The van der Waals surface area contributed by atoms with Crippen LogP contribution in [0.2, 0.25) is 5.02 Å². The van der Waals surface area contributed by atoms with Crippen LogP contribution in [0.25, 0.3) is 0 Å². The van der Waals surface area contributed by atoms with Crippen molar-refractivity contribution in [3.8, 4) is 17.6 Å². The molecular formula is C16H13Cl2NO. The number of ether oxygens (including phenoxy) is 1. The molecule has 0 heterocycles. The van der Waals surface area contributed by atoms with Crippen LogP contribution in [0.3, 0.4) is 0 Å². The van der Waals surface area contributed by atoms with Crippen molar-refractivity contribution >= 4 is 23.2 Å². The number of nitrogens with zero attached hydrogens (tertiary/aromatic N) is 1. The van der Waals surface area contributed by atoms with Gasteiger partial charge >= 0.3 is 0 Å². The highest BCUT2D eigenvalue weighted by Gasteiger charge is 2.12. The Morgan fingerprint density at radius 1 is 1.20 bits per heavy atom. The van der Waals surface area contributed by atoms with Gasteiger partial charge in [0.25, 0.3) is 0 Å². The lowest BCUT2D eigenvalue weighted by Crippen LogP contribution is -1.95. The van der Waals surface area contributed by atoms with E-state index in [1.54, 1.807) is 18.2 Å². The van der Waals surface area contributed by atoms with Gasteiger partial charge in [-0.15, -0.1) is 11.6 Å². The zero-order valence-electron chi connectivity index (χ0n) is 11.2. The number of benzene rings is 2. The van der Waals surface area contributed by atoms with Crippen molar-refractivity contribution in [1.82, 2.24) is 0 Å². The summed E-state index contributed by atoms with van der Waals surface area (Å²) >= 11 is 12.0. The van der Waals surface area contributed by atoms with Gasteiger partial charge in [-0.2, -0.15) is 5.26 Å². The van der Waals surface area contributed by atoms with Crippen LogP contribution < -0.4 is 4.74 Å². The summed E-state index contributed by atoms with van der Waals surface area (Å²) in [7, 11) is 0. The maximum atomic E-state index is 8.96. The molecule has 102 valence electrons. The predicted molar refractivity (Wildman–Crippen MR) is 81.7 cm³/mol. The molecule has 4 heteroatoms. The minimum atomic E-state index is 0.281. The zero-order chi connectivity index (χ0) is 14.7. The van der Waals surface area contributed by atoms with Gasteiger partial charge < -0.3 is 4.74 Å². The van der Waals surface area contributed by atoms with Crippen molar-refractivity contribution in [1.29, 1.82) is 5.26 Å². The van der Waals surface area contributed by atoms with Crippen LogP contribution in [0.1, 0.15) is 22.3 Å². The Kier molecular flexibility index (Phi) is 4.54. The van der Waals surface area contributed by atoms with E-state index < -0.39 is 0 Å². The van der Waals surface area contributed by atoms with E-state index >= 15 is 0 Å². The van der Waals surface area contributed by atoms with Gasteiger partial charge in [0.1, 0.15) is 11.5 Å². The van der Waals surface area contributed by atoms with Gasteiger partial charge in [-0.25, -0.2) is 0 Å². The normalized spacial score (nSPS) is 10.2. The van der Waals surface area contributed by atoms with Gasteiger partial charge in [-0.1, -0.05) is 17.7 Å². The smallest absolute Gasteiger partial charge is 0.133 e. The lowest BCUT2D eigenvalue weighted by molar-refractivity contribution is 0.471. The fourth-order valence-electron chi connectivity index (χ4n) is 2.05. The summed E-state index contributed by atoms with van der Waals surface area (Å²) < 4.78 is 5.96. The lowest BCUT2D eigenvalue weighted by atomic mass is 10.1. The third-order valence-electron chi connectivity index (χ3n) is 3.01. The molecule has 0 aliphatic heterocycles. The highest BCUT2D eigenvalue weighted by molar-refractivity contribution is 6.32. The Morgan fingerprint density at radius 2 is 1.85 bits per heavy atom. The SMILES string of the molecule is Cc1cc(C#N)cc(C)c1Oc1cccc(Cl)c1CCl. The lowest BCUT2D eigenvalue weighted by Gasteiger charge is -2.15. The maximum Gasteiger partial charge on any atom is 0.133 e. The summed E-state index contributed by atoms with van der Waals surface area (Å²) in [5.41, 5.74) is 3.19. The highest BCUT2D eigenvalue weighted by Crippen LogP contribution is 2.35. The van der Waals surface area contributed by atoms with Gasteiger partial charge in [0.2, 0.25) is 0 Å². The van der Waals surface area contributed by atoms with Crippen molar-refractivity contribution in [2.45, 2.75) is 19.7 Å². The van der Waals surface area contributed by atoms with Crippen molar-refractivity contribution < 1.29 is 4.74 Å². The fraction of sp³-hybridized carbons (Fsp3) is 0.188. The number of alkyl halides is 1. The molecule has 0 fully saturated rings. The Bertz CT molecular complexity index is 666. The van der Waals surface area contributed by atoms with Crippen molar-refractivity contribution in [3.63, 3.8) is 0 Å². The molecule has 0 aliphatic carbocycles. The van der Waals surface area contributed by atoms with E-state index in [0.717, 1.165) is 22.4 Å². The molecular weight excluding hydrogens is 293 g/mol. The summed E-state index contributed by atoms with van der Waals surface area (Å²) in [5.74, 6) is 1.66. The molecule has 0 amide bonds. The van der Waals surface area contributed by atoms with E-state index in [1.807, 2.05) is 26.0 Å². The monoisotopic (exact) mass is 305 g/mol. The first-order valence-electron chi connectivity index (χ1n) is 6.09. The molecule has 2 nitrogen and oxygen atoms in total.